The summed E-state index contributed by atoms with van der Waals surface area (Å²) in [5, 5.41) is 12.5. The number of rotatable bonds is 3. The van der Waals surface area contributed by atoms with Gasteiger partial charge in [-0.2, -0.15) is 0 Å². The quantitative estimate of drug-likeness (QED) is 0.653. The highest BCUT2D eigenvalue weighted by molar-refractivity contribution is 6.07. The molecule has 1 amide bonds. The lowest BCUT2D eigenvalue weighted by Crippen LogP contribution is -2.43. The molecule has 2 atom stereocenters. The van der Waals surface area contributed by atoms with E-state index in [1.165, 1.54) is 4.90 Å². The summed E-state index contributed by atoms with van der Waals surface area (Å²) in [5.41, 5.74) is 0.0813. The number of benzene rings is 2. The zero-order valence-electron chi connectivity index (χ0n) is 17.2. The third kappa shape index (κ3) is 3.87. The van der Waals surface area contributed by atoms with Gasteiger partial charge in [0, 0.05) is 17.2 Å². The van der Waals surface area contributed by atoms with Gasteiger partial charge in [0.05, 0.1) is 12.1 Å². The number of nitrogens with zero attached hydrogens (tertiary/aromatic N) is 2. The Morgan fingerprint density at radius 2 is 1.67 bits per heavy atom. The second kappa shape index (κ2) is 7.48. The summed E-state index contributed by atoms with van der Waals surface area (Å²) in [7, 11) is 0. The van der Waals surface area contributed by atoms with Crippen LogP contribution in [0.4, 0.5) is 4.79 Å². The van der Waals surface area contributed by atoms with Crippen molar-refractivity contribution in [2.75, 3.05) is 6.54 Å². The van der Waals surface area contributed by atoms with Crippen molar-refractivity contribution in [2.45, 2.75) is 44.9 Å². The van der Waals surface area contributed by atoms with Gasteiger partial charge < -0.3 is 14.6 Å². The first-order valence-corrected chi connectivity index (χ1v) is 9.89. The fourth-order valence-electron chi connectivity index (χ4n) is 3.76. The number of likely N-dealkylation sites (tertiary alicyclic amines) is 1. The van der Waals surface area contributed by atoms with Crippen molar-refractivity contribution in [3.63, 3.8) is 0 Å². The standard InChI is InChI=1S/C23H24N2O5/c1-23(2,3)30-22(28)25-13-14(12-19(25)21(26)27)29-20-17-10-5-4-8-15(17)16-9-6-7-11-18(16)24-20/h4-11,14,19H,12-13H2,1-3H3,(H,26,27)/t14-,19+/m1/s1. The largest absolute Gasteiger partial charge is 0.480 e. The fourth-order valence-corrected chi connectivity index (χ4v) is 3.76. The lowest BCUT2D eigenvalue weighted by molar-refractivity contribution is -0.142. The Morgan fingerprint density at radius 1 is 1.03 bits per heavy atom. The zero-order valence-corrected chi connectivity index (χ0v) is 17.2. The van der Waals surface area contributed by atoms with Crippen molar-refractivity contribution >= 4 is 33.7 Å². The maximum Gasteiger partial charge on any atom is 0.411 e. The van der Waals surface area contributed by atoms with Gasteiger partial charge in [0.1, 0.15) is 17.7 Å². The van der Waals surface area contributed by atoms with Gasteiger partial charge in [-0.25, -0.2) is 14.6 Å². The summed E-state index contributed by atoms with van der Waals surface area (Å²) in [6.07, 6.45) is -0.995. The van der Waals surface area contributed by atoms with E-state index in [1.54, 1.807) is 20.8 Å². The van der Waals surface area contributed by atoms with Gasteiger partial charge in [0.25, 0.3) is 0 Å². The number of aromatic nitrogens is 1. The van der Waals surface area contributed by atoms with E-state index in [-0.39, 0.29) is 13.0 Å². The smallest absolute Gasteiger partial charge is 0.411 e. The molecular formula is C23H24N2O5. The van der Waals surface area contributed by atoms with Crippen LogP contribution < -0.4 is 4.74 Å². The van der Waals surface area contributed by atoms with Gasteiger partial charge in [0.2, 0.25) is 5.88 Å². The number of carbonyl (C=O) groups excluding carboxylic acids is 1. The van der Waals surface area contributed by atoms with E-state index in [9.17, 15) is 14.7 Å². The van der Waals surface area contributed by atoms with Crippen molar-refractivity contribution in [1.29, 1.82) is 0 Å². The van der Waals surface area contributed by atoms with Crippen LogP contribution in [-0.2, 0) is 9.53 Å². The van der Waals surface area contributed by atoms with Crippen LogP contribution in [0.15, 0.2) is 48.5 Å². The second-order valence-electron chi connectivity index (χ2n) is 8.44. The average Bonchev–Trinajstić information content (AvgIpc) is 3.11. The number of hydrogen-bond acceptors (Lipinski definition) is 5. The molecule has 1 aliphatic heterocycles. The topological polar surface area (TPSA) is 89.0 Å². The van der Waals surface area contributed by atoms with E-state index < -0.39 is 29.8 Å². The number of pyridine rings is 1. The molecule has 2 heterocycles. The number of para-hydroxylation sites is 1. The summed E-state index contributed by atoms with van der Waals surface area (Å²) < 4.78 is 11.5. The van der Waals surface area contributed by atoms with Crippen molar-refractivity contribution < 1.29 is 24.2 Å². The van der Waals surface area contributed by atoms with Crippen LogP contribution in [-0.4, -0.2) is 51.3 Å². The number of amides is 1. The van der Waals surface area contributed by atoms with Crippen LogP contribution in [0.5, 0.6) is 5.88 Å². The predicted molar refractivity (Wildman–Crippen MR) is 113 cm³/mol. The Bertz CT molecular complexity index is 1120. The van der Waals surface area contributed by atoms with Crippen LogP contribution in [0.3, 0.4) is 0 Å². The molecule has 7 heteroatoms. The molecule has 0 radical (unpaired) electrons. The summed E-state index contributed by atoms with van der Waals surface area (Å²) >= 11 is 0. The number of hydrogen-bond donors (Lipinski definition) is 1. The number of carboxylic acid groups (broad SMARTS) is 1. The molecule has 0 aliphatic carbocycles. The van der Waals surface area contributed by atoms with E-state index >= 15 is 0 Å². The number of carbonyl (C=O) groups is 2. The lowest BCUT2D eigenvalue weighted by Gasteiger charge is -2.26. The van der Waals surface area contributed by atoms with E-state index in [0.717, 1.165) is 21.7 Å². The Hall–Kier alpha value is -3.35. The maximum atomic E-state index is 12.5. The first kappa shape index (κ1) is 19.9. The van der Waals surface area contributed by atoms with Gasteiger partial charge >= 0.3 is 12.1 Å². The Labute approximate surface area is 174 Å². The lowest BCUT2D eigenvalue weighted by atomic mass is 10.1. The molecular weight excluding hydrogens is 384 g/mol. The molecule has 1 aliphatic rings. The number of fused-ring (bicyclic) bond motifs is 3. The summed E-state index contributed by atoms with van der Waals surface area (Å²) in [5.74, 6) is -0.646. The summed E-state index contributed by atoms with van der Waals surface area (Å²) in [4.78, 5) is 30.2. The second-order valence-corrected chi connectivity index (χ2v) is 8.44. The molecule has 0 spiro atoms. The van der Waals surface area contributed by atoms with Crippen LogP contribution in [0.25, 0.3) is 21.7 Å². The average molecular weight is 408 g/mol. The van der Waals surface area contributed by atoms with E-state index in [1.807, 2.05) is 48.5 Å². The van der Waals surface area contributed by atoms with Crippen molar-refractivity contribution in [3.8, 4) is 5.88 Å². The van der Waals surface area contributed by atoms with Gasteiger partial charge in [-0.15, -0.1) is 0 Å². The molecule has 7 nitrogen and oxygen atoms in total. The van der Waals surface area contributed by atoms with E-state index in [0.29, 0.717) is 5.88 Å². The molecule has 1 N–H and O–H groups in total. The first-order chi connectivity index (χ1) is 14.2. The monoisotopic (exact) mass is 408 g/mol. The van der Waals surface area contributed by atoms with Crippen LogP contribution in [0, 0.1) is 0 Å². The van der Waals surface area contributed by atoms with Crippen molar-refractivity contribution in [1.82, 2.24) is 9.88 Å². The molecule has 30 heavy (non-hydrogen) atoms. The Morgan fingerprint density at radius 3 is 2.33 bits per heavy atom. The minimum atomic E-state index is -1.08. The van der Waals surface area contributed by atoms with Crippen LogP contribution in [0.2, 0.25) is 0 Å². The van der Waals surface area contributed by atoms with Crippen molar-refractivity contribution in [2.24, 2.45) is 0 Å². The minimum absolute atomic E-state index is 0.120. The normalized spacial score (nSPS) is 19.2. The molecule has 1 saturated heterocycles. The SMILES string of the molecule is CC(C)(C)OC(=O)N1C[C@H](Oc2nc3ccccc3c3ccccc23)C[C@H]1C(=O)O. The maximum absolute atomic E-state index is 12.5. The molecule has 1 aromatic heterocycles. The number of carboxylic acids is 1. The van der Waals surface area contributed by atoms with Crippen LogP contribution in [0.1, 0.15) is 27.2 Å². The molecule has 1 fully saturated rings. The van der Waals surface area contributed by atoms with E-state index in [2.05, 4.69) is 4.98 Å². The molecule has 2 aromatic carbocycles. The predicted octanol–water partition coefficient (Wildman–Crippen LogP) is 4.23. The molecule has 4 rings (SSSR count). The van der Waals surface area contributed by atoms with E-state index in [4.69, 9.17) is 9.47 Å². The molecule has 0 unspecified atom stereocenters. The molecule has 156 valence electrons. The van der Waals surface area contributed by atoms with Gasteiger partial charge in [-0.1, -0.05) is 36.4 Å². The van der Waals surface area contributed by atoms with Gasteiger partial charge in [-0.3, -0.25) is 4.90 Å². The third-order valence-corrected chi connectivity index (χ3v) is 5.03. The highest BCUT2D eigenvalue weighted by Crippen LogP contribution is 2.33. The molecule has 3 aromatic rings. The highest BCUT2D eigenvalue weighted by atomic mass is 16.6. The minimum Gasteiger partial charge on any atom is -0.480 e. The first-order valence-electron chi connectivity index (χ1n) is 9.89. The fraction of sp³-hybridized carbons (Fsp3) is 0.348. The Kier molecular flexibility index (Phi) is 4.97. The van der Waals surface area contributed by atoms with Crippen LogP contribution >= 0.6 is 0 Å². The Balaban J connectivity index is 1.65. The molecule has 0 bridgehead atoms. The van der Waals surface area contributed by atoms with Gasteiger partial charge in [-0.05, 0) is 38.3 Å². The number of aliphatic carboxylic acids is 1. The zero-order chi connectivity index (χ0) is 21.5. The van der Waals surface area contributed by atoms with Crippen molar-refractivity contribution in [3.05, 3.63) is 48.5 Å². The highest BCUT2D eigenvalue weighted by Gasteiger charge is 2.43. The van der Waals surface area contributed by atoms with Gasteiger partial charge in [0.15, 0.2) is 0 Å². The summed E-state index contributed by atoms with van der Waals surface area (Å²) in [6.45, 7) is 5.36. The summed E-state index contributed by atoms with van der Waals surface area (Å²) in [6, 6.07) is 14.6. The third-order valence-electron chi connectivity index (χ3n) is 5.03. The molecule has 0 saturated carbocycles. The number of ether oxygens (including phenoxy) is 2.